The molecule has 3 N–H and O–H groups in total. The molecule has 1 aromatic heterocycles. The lowest BCUT2D eigenvalue weighted by atomic mass is 10.1. The molecule has 0 saturated heterocycles. The Morgan fingerprint density at radius 2 is 1.78 bits per heavy atom. The first kappa shape index (κ1) is 12.3. The van der Waals surface area contributed by atoms with Crippen molar-refractivity contribution in [1.82, 2.24) is 20.4 Å². The summed E-state index contributed by atoms with van der Waals surface area (Å²) < 4.78 is 0. The summed E-state index contributed by atoms with van der Waals surface area (Å²) in [6.45, 7) is 5.72. The molecule has 1 heterocycles. The van der Waals surface area contributed by atoms with Crippen molar-refractivity contribution in [1.29, 1.82) is 0 Å². The molecule has 0 saturated carbocycles. The van der Waals surface area contributed by atoms with Gasteiger partial charge >= 0.3 is 0 Å². The smallest absolute Gasteiger partial charge is 0.287 e. The normalized spacial score (nSPS) is 10.4. The van der Waals surface area contributed by atoms with E-state index in [0.29, 0.717) is 5.69 Å². The van der Waals surface area contributed by atoms with Crippen LogP contribution in [0.2, 0.25) is 0 Å². The molecule has 2 rings (SSSR count). The third kappa shape index (κ3) is 2.23. The highest BCUT2D eigenvalue weighted by Crippen LogP contribution is 2.13. The fourth-order valence-electron chi connectivity index (χ4n) is 1.84. The van der Waals surface area contributed by atoms with E-state index in [4.69, 9.17) is 5.84 Å². The van der Waals surface area contributed by atoms with Crippen LogP contribution in [0.5, 0.6) is 0 Å². The Hall–Kier alpha value is -2.21. The molecule has 94 valence electrons. The van der Waals surface area contributed by atoms with Crippen molar-refractivity contribution < 1.29 is 4.79 Å². The van der Waals surface area contributed by atoms with Crippen molar-refractivity contribution in [2.75, 3.05) is 0 Å². The van der Waals surface area contributed by atoms with E-state index >= 15 is 0 Å². The fraction of sp³-hybridized carbons (Fsp3) is 0.250. The first-order chi connectivity index (χ1) is 8.51. The highest BCUT2D eigenvalue weighted by molar-refractivity contribution is 5.92. The molecule has 0 radical (unpaired) electrons. The first-order valence-corrected chi connectivity index (χ1v) is 5.55. The molecule has 0 aliphatic rings. The molecule has 18 heavy (non-hydrogen) atoms. The van der Waals surface area contributed by atoms with E-state index in [0.717, 1.165) is 16.8 Å². The lowest BCUT2D eigenvalue weighted by Gasteiger charge is -2.03. The van der Waals surface area contributed by atoms with Gasteiger partial charge < -0.3 is 0 Å². The molecule has 0 aliphatic carbocycles. The first-order valence-electron chi connectivity index (χ1n) is 5.55. The SMILES string of the molecule is Cc1cc(C)cc(-n2nc(C)c(C(=O)NN)n2)c1. The molecular formula is C12H15N5O. The number of nitrogen functional groups attached to an aromatic ring is 1. The number of amides is 1. The quantitative estimate of drug-likeness (QED) is 0.465. The Labute approximate surface area is 105 Å². The van der Waals surface area contributed by atoms with Gasteiger partial charge in [-0.15, -0.1) is 5.10 Å². The molecule has 0 bridgehead atoms. The van der Waals surface area contributed by atoms with Crippen molar-refractivity contribution >= 4 is 5.91 Å². The van der Waals surface area contributed by atoms with Gasteiger partial charge in [0.15, 0.2) is 5.69 Å². The molecule has 0 fully saturated rings. The van der Waals surface area contributed by atoms with Crippen LogP contribution in [0.3, 0.4) is 0 Å². The summed E-state index contributed by atoms with van der Waals surface area (Å²) in [5, 5.41) is 8.37. The molecule has 2 aromatic rings. The van der Waals surface area contributed by atoms with Crippen LogP contribution in [-0.2, 0) is 0 Å². The maximum absolute atomic E-state index is 11.5. The van der Waals surface area contributed by atoms with Gasteiger partial charge in [-0.2, -0.15) is 9.90 Å². The number of hydrogen-bond acceptors (Lipinski definition) is 4. The molecule has 6 nitrogen and oxygen atoms in total. The predicted octanol–water partition coefficient (Wildman–Crippen LogP) is 0.796. The van der Waals surface area contributed by atoms with E-state index < -0.39 is 5.91 Å². The summed E-state index contributed by atoms with van der Waals surface area (Å²) >= 11 is 0. The van der Waals surface area contributed by atoms with E-state index in [1.807, 2.05) is 26.0 Å². The van der Waals surface area contributed by atoms with E-state index in [1.54, 1.807) is 6.92 Å². The van der Waals surface area contributed by atoms with Crippen LogP contribution in [0.4, 0.5) is 0 Å². The lowest BCUT2D eigenvalue weighted by molar-refractivity contribution is 0.0947. The zero-order valence-electron chi connectivity index (χ0n) is 10.6. The van der Waals surface area contributed by atoms with Crippen LogP contribution in [0.1, 0.15) is 27.3 Å². The third-order valence-corrected chi connectivity index (χ3v) is 2.57. The molecule has 0 aliphatic heterocycles. The second-order valence-electron chi connectivity index (χ2n) is 4.24. The maximum atomic E-state index is 11.5. The Morgan fingerprint density at radius 1 is 1.17 bits per heavy atom. The van der Waals surface area contributed by atoms with E-state index in [1.165, 1.54) is 4.80 Å². The predicted molar refractivity (Wildman–Crippen MR) is 67.2 cm³/mol. The van der Waals surface area contributed by atoms with Gasteiger partial charge in [0.2, 0.25) is 0 Å². The summed E-state index contributed by atoms with van der Waals surface area (Å²) in [6.07, 6.45) is 0. The van der Waals surface area contributed by atoms with Crippen LogP contribution in [-0.4, -0.2) is 20.9 Å². The third-order valence-electron chi connectivity index (χ3n) is 2.57. The number of aryl methyl sites for hydroxylation is 3. The number of carbonyl (C=O) groups is 1. The number of carbonyl (C=O) groups excluding carboxylic acids is 1. The molecular weight excluding hydrogens is 230 g/mol. The summed E-state index contributed by atoms with van der Waals surface area (Å²) in [5.74, 6) is 4.65. The van der Waals surface area contributed by atoms with Crippen molar-refractivity contribution in [3.8, 4) is 5.69 Å². The van der Waals surface area contributed by atoms with Gasteiger partial charge in [0.05, 0.1) is 11.4 Å². The van der Waals surface area contributed by atoms with Gasteiger partial charge in [0.25, 0.3) is 5.91 Å². The highest BCUT2D eigenvalue weighted by Gasteiger charge is 2.15. The summed E-state index contributed by atoms with van der Waals surface area (Å²) in [6, 6.07) is 5.97. The largest absolute Gasteiger partial charge is 0.289 e. The van der Waals surface area contributed by atoms with E-state index in [9.17, 15) is 4.79 Å². The number of nitrogens with one attached hydrogen (secondary N) is 1. The summed E-state index contributed by atoms with van der Waals surface area (Å²) in [7, 11) is 0. The Bertz CT molecular complexity index is 582. The number of hydrazine groups is 1. The van der Waals surface area contributed by atoms with Gasteiger partial charge in [-0.3, -0.25) is 10.2 Å². The second kappa shape index (κ2) is 4.58. The van der Waals surface area contributed by atoms with Crippen molar-refractivity contribution in [3.63, 3.8) is 0 Å². The Kier molecular flexibility index (Phi) is 3.12. The van der Waals surface area contributed by atoms with Crippen molar-refractivity contribution in [2.24, 2.45) is 5.84 Å². The molecule has 0 atom stereocenters. The number of nitrogens with zero attached hydrogens (tertiary/aromatic N) is 3. The second-order valence-corrected chi connectivity index (χ2v) is 4.24. The van der Waals surface area contributed by atoms with Crippen LogP contribution < -0.4 is 11.3 Å². The number of benzene rings is 1. The van der Waals surface area contributed by atoms with Crippen LogP contribution >= 0.6 is 0 Å². The van der Waals surface area contributed by atoms with E-state index in [-0.39, 0.29) is 5.69 Å². The maximum Gasteiger partial charge on any atom is 0.287 e. The minimum absolute atomic E-state index is 0.233. The minimum atomic E-state index is -0.442. The Morgan fingerprint density at radius 3 is 2.33 bits per heavy atom. The lowest BCUT2D eigenvalue weighted by Crippen LogP contribution is -2.30. The van der Waals surface area contributed by atoms with Gasteiger partial charge in [-0.05, 0) is 44.0 Å². The number of aromatic nitrogens is 3. The van der Waals surface area contributed by atoms with Gasteiger partial charge in [0, 0.05) is 0 Å². The van der Waals surface area contributed by atoms with Crippen LogP contribution in [0.15, 0.2) is 18.2 Å². The monoisotopic (exact) mass is 245 g/mol. The van der Waals surface area contributed by atoms with E-state index in [2.05, 4.69) is 21.7 Å². The standard InChI is InChI=1S/C12H15N5O/c1-7-4-8(2)6-10(5-7)17-15-9(3)11(16-17)12(18)14-13/h4-6H,13H2,1-3H3,(H,14,18). The highest BCUT2D eigenvalue weighted by atomic mass is 16.2. The van der Waals surface area contributed by atoms with Crippen molar-refractivity contribution in [2.45, 2.75) is 20.8 Å². The summed E-state index contributed by atoms with van der Waals surface area (Å²) in [4.78, 5) is 12.9. The molecule has 1 aromatic carbocycles. The molecule has 0 unspecified atom stereocenters. The molecule has 1 amide bonds. The average Bonchev–Trinajstić information content (AvgIpc) is 2.69. The summed E-state index contributed by atoms with van der Waals surface area (Å²) in [5.41, 5.74) is 5.88. The zero-order valence-corrected chi connectivity index (χ0v) is 10.6. The van der Waals surface area contributed by atoms with Gasteiger partial charge in [-0.25, -0.2) is 5.84 Å². The number of nitrogens with two attached hydrogens (primary N) is 1. The van der Waals surface area contributed by atoms with Gasteiger partial charge in [0.1, 0.15) is 0 Å². The number of rotatable bonds is 2. The minimum Gasteiger partial charge on any atom is -0.289 e. The van der Waals surface area contributed by atoms with Gasteiger partial charge in [-0.1, -0.05) is 6.07 Å². The van der Waals surface area contributed by atoms with Crippen LogP contribution in [0, 0.1) is 20.8 Å². The van der Waals surface area contributed by atoms with Crippen LogP contribution in [0.25, 0.3) is 5.69 Å². The topological polar surface area (TPSA) is 85.8 Å². The molecule has 6 heteroatoms. The molecule has 0 spiro atoms. The fourth-order valence-corrected chi connectivity index (χ4v) is 1.84. The zero-order chi connectivity index (χ0) is 13.3. The van der Waals surface area contributed by atoms with Crippen molar-refractivity contribution in [3.05, 3.63) is 40.7 Å². The Balaban J connectivity index is 2.48. The average molecular weight is 245 g/mol. The number of hydrogen-bond donors (Lipinski definition) is 2.